The van der Waals surface area contributed by atoms with Gasteiger partial charge in [0.25, 0.3) is 0 Å². The number of hydrogen-bond acceptors (Lipinski definition) is 4. The molecule has 3 aromatic carbocycles. The first-order valence-corrected chi connectivity index (χ1v) is 19.8. The van der Waals surface area contributed by atoms with Gasteiger partial charge < -0.3 is 19.6 Å². The number of carboxylic acids is 1. The number of amides is 2. The maximum absolute atomic E-state index is 14.6. The van der Waals surface area contributed by atoms with E-state index in [1.807, 2.05) is 97.3 Å². The zero-order valence-electron chi connectivity index (χ0n) is 32.6. The Bertz CT molecular complexity index is 1500. The minimum atomic E-state index is -0.873. The molecule has 7 heteroatoms. The molecule has 3 rings (SSSR count). The van der Waals surface area contributed by atoms with Crippen molar-refractivity contribution >= 4 is 17.8 Å². The van der Waals surface area contributed by atoms with Crippen LogP contribution in [-0.2, 0) is 33.6 Å². The standard InChI is InChI=1S/C45H64N2O5/c1-6-9-11-13-15-30-46(42(48)32-37-24-20-35(4)21-25-37)34-41(40-19-17-18-39(28-29-44(50)51)45(40)52-8-3)47(31-16-14-12-10-7-2)43(49)33-38-26-22-36(5)23-27-38/h17-27,41H,6-16,28-34H2,1-5H3,(H,50,51). The number of para-hydroxylation sites is 1. The second kappa shape index (κ2) is 23.4. The molecule has 0 heterocycles. The van der Waals surface area contributed by atoms with Crippen LogP contribution in [0.1, 0.15) is 131 Å². The SMILES string of the molecule is CCCCCCCN(CC(c1cccc(CCC(=O)O)c1OCC)N(CCCCCCC)C(=O)Cc1ccc(C)cc1)C(=O)Cc1ccc(C)cc1. The van der Waals surface area contributed by atoms with Gasteiger partial charge in [0.2, 0.25) is 11.8 Å². The summed E-state index contributed by atoms with van der Waals surface area (Å²) in [5.41, 5.74) is 5.85. The molecule has 2 amide bonds. The van der Waals surface area contributed by atoms with Crippen LogP contribution in [0, 0.1) is 13.8 Å². The summed E-state index contributed by atoms with van der Waals surface area (Å²) in [5, 5.41) is 9.57. The van der Waals surface area contributed by atoms with Gasteiger partial charge in [-0.25, -0.2) is 0 Å². The molecular weight excluding hydrogens is 649 g/mol. The second-order valence-electron chi connectivity index (χ2n) is 14.3. The number of rotatable bonds is 25. The molecule has 0 aliphatic heterocycles. The first-order chi connectivity index (χ1) is 25.2. The van der Waals surface area contributed by atoms with E-state index in [2.05, 4.69) is 13.8 Å². The Morgan fingerprint density at radius 3 is 1.75 bits per heavy atom. The fourth-order valence-electron chi connectivity index (χ4n) is 6.74. The molecular formula is C45H64N2O5. The van der Waals surface area contributed by atoms with Crippen LogP contribution in [-0.4, -0.2) is 58.9 Å². The van der Waals surface area contributed by atoms with Gasteiger partial charge in [0.15, 0.2) is 0 Å². The van der Waals surface area contributed by atoms with Crippen molar-refractivity contribution in [2.75, 3.05) is 26.2 Å². The number of carbonyl (C=O) groups excluding carboxylic acids is 2. The summed E-state index contributed by atoms with van der Waals surface area (Å²) in [4.78, 5) is 44.6. The Labute approximate surface area is 313 Å². The number of benzene rings is 3. The Balaban J connectivity index is 2.13. The van der Waals surface area contributed by atoms with Crippen LogP contribution in [0.2, 0.25) is 0 Å². The number of hydrogen-bond donors (Lipinski definition) is 1. The fourth-order valence-corrected chi connectivity index (χ4v) is 6.74. The third-order valence-corrected chi connectivity index (χ3v) is 9.81. The fraction of sp³-hybridized carbons (Fsp3) is 0.533. The molecule has 52 heavy (non-hydrogen) atoms. The Kier molecular flexibility index (Phi) is 19.1. The lowest BCUT2D eigenvalue weighted by molar-refractivity contribution is -0.137. The molecule has 0 aliphatic rings. The van der Waals surface area contributed by atoms with Crippen molar-refractivity contribution in [3.8, 4) is 5.75 Å². The Morgan fingerprint density at radius 2 is 1.21 bits per heavy atom. The molecule has 0 saturated heterocycles. The topological polar surface area (TPSA) is 87.2 Å². The summed E-state index contributed by atoms with van der Waals surface area (Å²) >= 11 is 0. The van der Waals surface area contributed by atoms with Gasteiger partial charge in [-0.05, 0) is 56.7 Å². The van der Waals surface area contributed by atoms with Gasteiger partial charge in [-0.15, -0.1) is 0 Å². The average Bonchev–Trinajstić information content (AvgIpc) is 3.13. The van der Waals surface area contributed by atoms with Gasteiger partial charge in [-0.1, -0.05) is 143 Å². The molecule has 0 radical (unpaired) electrons. The van der Waals surface area contributed by atoms with Crippen molar-refractivity contribution in [1.29, 1.82) is 0 Å². The molecule has 7 nitrogen and oxygen atoms in total. The molecule has 284 valence electrons. The van der Waals surface area contributed by atoms with E-state index in [-0.39, 0.29) is 31.1 Å². The van der Waals surface area contributed by atoms with Gasteiger partial charge in [-0.2, -0.15) is 0 Å². The lowest BCUT2D eigenvalue weighted by atomic mass is 9.96. The number of carboxylic acid groups (broad SMARTS) is 1. The summed E-state index contributed by atoms with van der Waals surface area (Å²) in [6.45, 7) is 12.3. The van der Waals surface area contributed by atoms with E-state index in [9.17, 15) is 19.5 Å². The average molecular weight is 713 g/mol. The van der Waals surface area contributed by atoms with Crippen molar-refractivity contribution in [1.82, 2.24) is 9.80 Å². The zero-order chi connectivity index (χ0) is 37.7. The summed E-state index contributed by atoms with van der Waals surface area (Å²) < 4.78 is 6.34. The van der Waals surface area contributed by atoms with Crippen molar-refractivity contribution < 1.29 is 24.2 Å². The minimum absolute atomic E-state index is 0.0108. The second-order valence-corrected chi connectivity index (χ2v) is 14.3. The van der Waals surface area contributed by atoms with E-state index in [0.29, 0.717) is 38.4 Å². The van der Waals surface area contributed by atoms with Crippen LogP contribution in [0.4, 0.5) is 0 Å². The van der Waals surface area contributed by atoms with Gasteiger partial charge >= 0.3 is 5.97 Å². The smallest absolute Gasteiger partial charge is 0.303 e. The molecule has 0 spiro atoms. The number of aryl methyl sites for hydroxylation is 3. The Morgan fingerprint density at radius 1 is 0.673 bits per heavy atom. The van der Waals surface area contributed by atoms with E-state index in [1.165, 1.54) is 6.42 Å². The number of unbranched alkanes of at least 4 members (excludes halogenated alkanes) is 8. The van der Waals surface area contributed by atoms with Crippen LogP contribution in [0.25, 0.3) is 0 Å². The van der Waals surface area contributed by atoms with E-state index in [4.69, 9.17) is 4.74 Å². The molecule has 0 fully saturated rings. The third kappa shape index (κ3) is 14.5. The highest BCUT2D eigenvalue weighted by atomic mass is 16.5. The van der Waals surface area contributed by atoms with Crippen molar-refractivity contribution in [3.05, 3.63) is 100 Å². The largest absolute Gasteiger partial charge is 0.493 e. The highest BCUT2D eigenvalue weighted by molar-refractivity contribution is 5.81. The van der Waals surface area contributed by atoms with Gasteiger partial charge in [-0.3, -0.25) is 14.4 Å². The monoisotopic (exact) mass is 712 g/mol. The van der Waals surface area contributed by atoms with Crippen LogP contribution in [0.15, 0.2) is 66.7 Å². The van der Waals surface area contributed by atoms with Gasteiger partial charge in [0.1, 0.15) is 5.75 Å². The molecule has 0 aromatic heterocycles. The predicted octanol–water partition coefficient (Wildman–Crippen LogP) is 9.84. The number of nitrogens with zero attached hydrogens (tertiary/aromatic N) is 2. The maximum Gasteiger partial charge on any atom is 0.303 e. The quantitative estimate of drug-likeness (QED) is 0.0884. The number of aliphatic carboxylic acids is 1. The maximum atomic E-state index is 14.6. The molecule has 1 atom stereocenters. The molecule has 0 bridgehead atoms. The predicted molar refractivity (Wildman–Crippen MR) is 212 cm³/mol. The summed E-state index contributed by atoms with van der Waals surface area (Å²) in [6.07, 6.45) is 11.4. The van der Waals surface area contributed by atoms with Crippen LogP contribution in [0.3, 0.4) is 0 Å². The van der Waals surface area contributed by atoms with E-state index < -0.39 is 12.0 Å². The van der Waals surface area contributed by atoms with Gasteiger partial charge in [0.05, 0.1) is 25.5 Å². The summed E-state index contributed by atoms with van der Waals surface area (Å²) in [7, 11) is 0. The van der Waals surface area contributed by atoms with Crippen LogP contribution in [0.5, 0.6) is 5.75 Å². The minimum Gasteiger partial charge on any atom is -0.493 e. The molecule has 1 unspecified atom stereocenters. The van der Waals surface area contributed by atoms with E-state index >= 15 is 0 Å². The van der Waals surface area contributed by atoms with Crippen LogP contribution >= 0.6 is 0 Å². The summed E-state index contributed by atoms with van der Waals surface area (Å²) in [5.74, 6) is -0.193. The number of ether oxygens (including phenoxy) is 1. The normalized spacial score (nSPS) is 11.6. The van der Waals surface area contributed by atoms with Gasteiger partial charge in [0, 0.05) is 31.6 Å². The molecule has 0 saturated carbocycles. The van der Waals surface area contributed by atoms with E-state index in [0.717, 1.165) is 91.2 Å². The van der Waals surface area contributed by atoms with Crippen molar-refractivity contribution in [2.24, 2.45) is 0 Å². The first-order valence-electron chi connectivity index (χ1n) is 19.8. The molecule has 0 aliphatic carbocycles. The highest BCUT2D eigenvalue weighted by Crippen LogP contribution is 2.35. The van der Waals surface area contributed by atoms with Crippen molar-refractivity contribution in [3.63, 3.8) is 0 Å². The lowest BCUT2D eigenvalue weighted by Gasteiger charge is -2.37. The van der Waals surface area contributed by atoms with Crippen LogP contribution < -0.4 is 4.74 Å². The zero-order valence-corrected chi connectivity index (χ0v) is 32.6. The first kappa shape index (κ1) is 42.3. The molecule has 1 N–H and O–H groups in total. The molecule has 3 aromatic rings. The Hall–Kier alpha value is -4.13. The lowest BCUT2D eigenvalue weighted by Crippen LogP contribution is -2.45. The van der Waals surface area contributed by atoms with Crippen molar-refractivity contribution in [2.45, 2.75) is 131 Å². The van der Waals surface area contributed by atoms with E-state index in [1.54, 1.807) is 0 Å². The third-order valence-electron chi connectivity index (χ3n) is 9.81. The summed E-state index contributed by atoms with van der Waals surface area (Å²) in [6, 6.07) is 21.6. The number of carbonyl (C=O) groups is 3. The highest BCUT2D eigenvalue weighted by Gasteiger charge is 2.32.